The summed E-state index contributed by atoms with van der Waals surface area (Å²) in [6, 6.07) is -0.797. The third kappa shape index (κ3) is 6.68. The summed E-state index contributed by atoms with van der Waals surface area (Å²) in [5, 5.41) is 19.8. The third-order valence-corrected chi connectivity index (χ3v) is 1.91. The average molecular weight is 224 g/mol. The van der Waals surface area contributed by atoms with E-state index in [0.717, 1.165) is 0 Å². The van der Waals surface area contributed by atoms with E-state index in [1.165, 1.54) is 0 Å². The highest BCUT2D eigenvalue weighted by atomic mass is 35.5. The molecule has 0 rings (SSSR count). The van der Waals surface area contributed by atoms with Crippen molar-refractivity contribution in [2.24, 2.45) is 0 Å². The van der Waals surface area contributed by atoms with Gasteiger partial charge in [0.15, 0.2) is 0 Å². The van der Waals surface area contributed by atoms with Crippen LogP contribution >= 0.6 is 11.6 Å². The van der Waals surface area contributed by atoms with Crippen molar-refractivity contribution in [1.82, 2.24) is 5.32 Å². The van der Waals surface area contributed by atoms with Gasteiger partial charge in [0.1, 0.15) is 6.04 Å². The van der Waals surface area contributed by atoms with Gasteiger partial charge in [-0.25, -0.2) is 0 Å². The zero-order chi connectivity index (χ0) is 11.0. The van der Waals surface area contributed by atoms with Crippen molar-refractivity contribution in [3.8, 4) is 0 Å². The molecule has 82 valence electrons. The molecule has 0 fully saturated rings. The Labute approximate surface area is 87.1 Å². The average Bonchev–Trinajstić information content (AvgIpc) is 2.10. The van der Waals surface area contributed by atoms with Gasteiger partial charge in [-0.05, 0) is 19.4 Å². The highest BCUT2D eigenvalue weighted by Crippen LogP contribution is 1.98. The second-order valence-corrected chi connectivity index (χ2v) is 3.20. The van der Waals surface area contributed by atoms with Crippen molar-refractivity contribution >= 4 is 23.5 Å². The molecule has 14 heavy (non-hydrogen) atoms. The van der Waals surface area contributed by atoms with E-state index in [2.05, 4.69) is 5.32 Å². The summed E-state index contributed by atoms with van der Waals surface area (Å²) < 4.78 is 0. The first kappa shape index (κ1) is 13.2. The summed E-state index contributed by atoms with van der Waals surface area (Å²) >= 11 is 5.41. The van der Waals surface area contributed by atoms with Gasteiger partial charge in [0.2, 0.25) is 0 Å². The van der Waals surface area contributed by atoms with Crippen LogP contribution in [0.1, 0.15) is 19.3 Å². The van der Waals surface area contributed by atoms with Crippen LogP contribution in [0.25, 0.3) is 0 Å². The molecule has 6 heteroatoms. The molecule has 0 saturated heterocycles. The first-order valence-electron chi connectivity index (χ1n) is 4.32. The Morgan fingerprint density at radius 2 is 2.00 bits per heavy atom. The van der Waals surface area contributed by atoms with E-state index in [-0.39, 0.29) is 12.8 Å². The third-order valence-electron chi connectivity index (χ3n) is 1.65. The second kappa shape index (κ2) is 7.58. The molecule has 0 aromatic rings. The minimum atomic E-state index is -1.03. The van der Waals surface area contributed by atoms with Crippen LogP contribution in [0, 0.1) is 0 Å². The van der Waals surface area contributed by atoms with E-state index in [1.54, 1.807) is 0 Å². The van der Waals surface area contributed by atoms with Crippen molar-refractivity contribution in [2.75, 3.05) is 12.4 Å². The number of nitrogens with one attached hydrogen (secondary N) is 1. The molecule has 1 atom stereocenters. The highest BCUT2D eigenvalue weighted by molar-refractivity contribution is 6.17. The molecule has 0 saturated carbocycles. The number of carboxylic acids is 2. The van der Waals surface area contributed by atoms with Crippen LogP contribution in [0.3, 0.4) is 0 Å². The van der Waals surface area contributed by atoms with E-state index in [4.69, 9.17) is 21.8 Å². The fourth-order valence-electron chi connectivity index (χ4n) is 0.924. The van der Waals surface area contributed by atoms with Crippen molar-refractivity contribution in [1.29, 1.82) is 0 Å². The highest BCUT2D eigenvalue weighted by Gasteiger charge is 2.17. The molecular weight excluding hydrogens is 210 g/mol. The molecule has 0 heterocycles. The second-order valence-electron chi connectivity index (χ2n) is 2.82. The number of rotatable bonds is 8. The molecule has 0 aliphatic rings. The molecule has 0 aromatic heterocycles. The van der Waals surface area contributed by atoms with Gasteiger partial charge in [0, 0.05) is 12.3 Å². The molecule has 0 aliphatic carbocycles. The molecule has 0 bridgehead atoms. The summed E-state index contributed by atoms with van der Waals surface area (Å²) in [5.41, 5.74) is 0. The topological polar surface area (TPSA) is 86.6 Å². The number of hydrogen-bond acceptors (Lipinski definition) is 3. The zero-order valence-corrected chi connectivity index (χ0v) is 8.46. The first-order chi connectivity index (χ1) is 6.57. The molecule has 1 unspecified atom stereocenters. The van der Waals surface area contributed by atoms with E-state index >= 15 is 0 Å². The van der Waals surface area contributed by atoms with Gasteiger partial charge < -0.3 is 15.5 Å². The van der Waals surface area contributed by atoms with Crippen LogP contribution < -0.4 is 5.32 Å². The summed E-state index contributed by atoms with van der Waals surface area (Å²) in [6.07, 6.45) is 0.607. The maximum atomic E-state index is 10.6. The Hall–Kier alpha value is -0.810. The fourth-order valence-corrected chi connectivity index (χ4v) is 1.06. The van der Waals surface area contributed by atoms with E-state index in [0.29, 0.717) is 18.8 Å². The maximum absolute atomic E-state index is 10.6. The van der Waals surface area contributed by atoms with Gasteiger partial charge in [-0.2, -0.15) is 0 Å². The Bertz CT molecular complexity index is 198. The molecule has 0 amide bonds. The number of halogens is 1. The molecule has 3 N–H and O–H groups in total. The Morgan fingerprint density at radius 3 is 2.43 bits per heavy atom. The molecule has 5 nitrogen and oxygen atoms in total. The zero-order valence-electron chi connectivity index (χ0n) is 7.70. The lowest BCUT2D eigenvalue weighted by Gasteiger charge is -2.12. The summed E-state index contributed by atoms with van der Waals surface area (Å²) in [5.74, 6) is -1.56. The van der Waals surface area contributed by atoms with Crippen molar-refractivity contribution in [3.63, 3.8) is 0 Å². The predicted octanol–water partition coefficient (Wildman–Crippen LogP) is 0.523. The summed E-state index contributed by atoms with van der Waals surface area (Å²) in [7, 11) is 0. The number of carbonyl (C=O) groups is 2. The van der Waals surface area contributed by atoms with Gasteiger partial charge >= 0.3 is 11.9 Å². The maximum Gasteiger partial charge on any atom is 0.320 e. The Morgan fingerprint density at radius 1 is 1.36 bits per heavy atom. The van der Waals surface area contributed by atoms with E-state index in [9.17, 15) is 9.59 Å². The molecule has 0 aromatic carbocycles. The number of aliphatic carboxylic acids is 2. The predicted molar refractivity (Wildman–Crippen MR) is 51.6 cm³/mol. The van der Waals surface area contributed by atoms with Crippen LogP contribution in [0.15, 0.2) is 0 Å². The standard InChI is InChI=1S/C8H14ClNO4/c9-4-1-5-10-6(8(13)14)2-3-7(11)12/h6,10H,1-5H2,(H,11,12)(H,13,14). The lowest BCUT2D eigenvalue weighted by molar-refractivity contribution is -0.140. The van der Waals surface area contributed by atoms with Crippen molar-refractivity contribution < 1.29 is 19.8 Å². The van der Waals surface area contributed by atoms with Crippen LogP contribution in [-0.4, -0.2) is 40.6 Å². The Balaban J connectivity index is 3.78. The van der Waals surface area contributed by atoms with Gasteiger partial charge in [0.25, 0.3) is 0 Å². The quantitative estimate of drug-likeness (QED) is 0.413. The normalized spacial score (nSPS) is 12.4. The molecule has 0 aliphatic heterocycles. The lowest BCUT2D eigenvalue weighted by Crippen LogP contribution is -2.37. The van der Waals surface area contributed by atoms with Gasteiger partial charge in [-0.3, -0.25) is 9.59 Å². The lowest BCUT2D eigenvalue weighted by atomic mass is 10.1. The number of carboxylic acid groups (broad SMARTS) is 2. The van der Waals surface area contributed by atoms with Crippen LogP contribution in [-0.2, 0) is 9.59 Å². The van der Waals surface area contributed by atoms with E-state index < -0.39 is 18.0 Å². The van der Waals surface area contributed by atoms with Crippen LogP contribution in [0.4, 0.5) is 0 Å². The van der Waals surface area contributed by atoms with Crippen molar-refractivity contribution in [2.45, 2.75) is 25.3 Å². The SMILES string of the molecule is O=C(O)CCC(NCCCCl)C(=O)O. The molecule has 0 radical (unpaired) electrons. The minimum Gasteiger partial charge on any atom is -0.481 e. The summed E-state index contributed by atoms with van der Waals surface area (Å²) in [6.45, 7) is 0.486. The smallest absolute Gasteiger partial charge is 0.320 e. The van der Waals surface area contributed by atoms with Gasteiger partial charge in [-0.15, -0.1) is 11.6 Å². The van der Waals surface area contributed by atoms with Crippen LogP contribution in [0.2, 0.25) is 0 Å². The fraction of sp³-hybridized carbons (Fsp3) is 0.750. The molecule has 0 spiro atoms. The summed E-state index contributed by atoms with van der Waals surface area (Å²) in [4.78, 5) is 20.8. The van der Waals surface area contributed by atoms with Crippen molar-refractivity contribution in [3.05, 3.63) is 0 Å². The van der Waals surface area contributed by atoms with E-state index in [1.807, 2.05) is 0 Å². The van der Waals surface area contributed by atoms with Gasteiger partial charge in [-0.1, -0.05) is 0 Å². The molecular formula is C8H14ClNO4. The number of hydrogen-bond donors (Lipinski definition) is 3. The number of alkyl halides is 1. The largest absolute Gasteiger partial charge is 0.481 e. The minimum absolute atomic E-state index is 0.0902. The van der Waals surface area contributed by atoms with Gasteiger partial charge in [0.05, 0.1) is 0 Å². The van der Waals surface area contributed by atoms with Crippen LogP contribution in [0.5, 0.6) is 0 Å². The first-order valence-corrected chi connectivity index (χ1v) is 4.85. The Kier molecular flexibility index (Phi) is 7.14. The monoisotopic (exact) mass is 223 g/mol.